The Kier molecular flexibility index (Phi) is 5.95. The molecular weight excluding hydrogens is 250 g/mol. The molecule has 20 heavy (non-hydrogen) atoms. The van der Waals surface area contributed by atoms with E-state index in [-0.39, 0.29) is 12.1 Å². The highest BCUT2D eigenvalue weighted by molar-refractivity contribution is 5.17. The molecule has 1 aliphatic rings. The predicted molar refractivity (Wildman–Crippen MR) is 81.5 cm³/mol. The lowest BCUT2D eigenvalue weighted by atomic mass is 9.96. The third-order valence-corrected chi connectivity index (χ3v) is 3.91. The van der Waals surface area contributed by atoms with Crippen molar-refractivity contribution < 1.29 is 4.74 Å². The summed E-state index contributed by atoms with van der Waals surface area (Å²) in [4.78, 5) is 6.58. The molecule has 1 aromatic heterocycles. The van der Waals surface area contributed by atoms with E-state index in [1.54, 1.807) is 0 Å². The molecule has 4 nitrogen and oxygen atoms in total. The van der Waals surface area contributed by atoms with Crippen molar-refractivity contribution in [3.05, 3.63) is 30.1 Å². The van der Waals surface area contributed by atoms with Crippen molar-refractivity contribution in [2.24, 2.45) is 5.73 Å². The Labute approximate surface area is 122 Å². The number of hydrogen-bond acceptors (Lipinski definition) is 4. The highest BCUT2D eigenvalue weighted by Crippen LogP contribution is 2.27. The maximum Gasteiger partial charge on any atom is 0.0702 e. The van der Waals surface area contributed by atoms with Gasteiger partial charge in [-0.2, -0.15) is 0 Å². The fourth-order valence-corrected chi connectivity index (χ4v) is 3.05. The average Bonchev–Trinajstić information content (AvgIpc) is 2.46. The minimum atomic E-state index is 0.0994. The van der Waals surface area contributed by atoms with Gasteiger partial charge in [-0.3, -0.25) is 9.88 Å². The van der Waals surface area contributed by atoms with Crippen LogP contribution in [0.2, 0.25) is 0 Å². The number of piperidine rings is 1. The summed E-state index contributed by atoms with van der Waals surface area (Å²) in [7, 11) is 0. The third kappa shape index (κ3) is 4.01. The second-order valence-electron chi connectivity index (χ2n) is 5.71. The molecule has 2 N–H and O–H groups in total. The zero-order valence-corrected chi connectivity index (χ0v) is 12.7. The number of pyridine rings is 1. The van der Waals surface area contributed by atoms with Crippen LogP contribution in [-0.4, -0.2) is 41.7 Å². The Balaban J connectivity index is 2.05. The van der Waals surface area contributed by atoms with Crippen LogP contribution in [0.4, 0.5) is 0 Å². The number of aromatic nitrogens is 1. The van der Waals surface area contributed by atoms with Gasteiger partial charge in [0, 0.05) is 37.6 Å². The third-order valence-electron chi connectivity index (χ3n) is 3.91. The van der Waals surface area contributed by atoms with E-state index in [0.717, 1.165) is 26.1 Å². The second kappa shape index (κ2) is 7.72. The van der Waals surface area contributed by atoms with Crippen molar-refractivity contribution in [3.8, 4) is 0 Å². The summed E-state index contributed by atoms with van der Waals surface area (Å²) in [5, 5.41) is 0. The normalized spacial score (nSPS) is 23.4. The molecule has 3 unspecified atom stereocenters. The summed E-state index contributed by atoms with van der Waals surface area (Å²) in [6.45, 7) is 7.18. The van der Waals surface area contributed by atoms with Gasteiger partial charge in [-0.15, -0.1) is 0 Å². The van der Waals surface area contributed by atoms with E-state index in [2.05, 4.69) is 35.9 Å². The highest BCUT2D eigenvalue weighted by atomic mass is 16.5. The van der Waals surface area contributed by atoms with Gasteiger partial charge >= 0.3 is 0 Å². The van der Waals surface area contributed by atoms with Gasteiger partial charge in [-0.1, -0.05) is 6.92 Å². The number of nitrogens with zero attached hydrogens (tertiary/aromatic N) is 2. The van der Waals surface area contributed by atoms with Crippen LogP contribution < -0.4 is 5.73 Å². The molecule has 0 radical (unpaired) electrons. The van der Waals surface area contributed by atoms with E-state index in [9.17, 15) is 0 Å². The molecule has 0 amide bonds. The van der Waals surface area contributed by atoms with Gasteiger partial charge in [0.25, 0.3) is 0 Å². The number of hydrogen-bond donors (Lipinski definition) is 1. The van der Waals surface area contributed by atoms with Crippen LogP contribution in [-0.2, 0) is 4.74 Å². The second-order valence-corrected chi connectivity index (χ2v) is 5.71. The average molecular weight is 277 g/mol. The Morgan fingerprint density at radius 1 is 1.45 bits per heavy atom. The number of nitrogens with two attached hydrogens (primary N) is 1. The molecule has 1 fully saturated rings. The fourth-order valence-electron chi connectivity index (χ4n) is 3.05. The molecule has 0 aromatic carbocycles. The van der Waals surface area contributed by atoms with Gasteiger partial charge < -0.3 is 10.5 Å². The first-order valence-electron chi connectivity index (χ1n) is 7.73. The van der Waals surface area contributed by atoms with Crippen molar-refractivity contribution in [1.29, 1.82) is 0 Å². The van der Waals surface area contributed by atoms with Crippen LogP contribution in [0.3, 0.4) is 0 Å². The number of likely N-dealkylation sites (tertiary alicyclic amines) is 1. The predicted octanol–water partition coefficient (Wildman–Crippen LogP) is 2.36. The lowest BCUT2D eigenvalue weighted by Gasteiger charge is -2.40. The Morgan fingerprint density at radius 2 is 2.20 bits per heavy atom. The minimum absolute atomic E-state index is 0.0994. The van der Waals surface area contributed by atoms with Crippen molar-refractivity contribution in [1.82, 2.24) is 9.88 Å². The van der Waals surface area contributed by atoms with Crippen molar-refractivity contribution in [3.63, 3.8) is 0 Å². The Hall–Kier alpha value is -0.970. The summed E-state index contributed by atoms with van der Waals surface area (Å²) in [5.74, 6) is 0. The van der Waals surface area contributed by atoms with E-state index in [1.165, 1.54) is 18.4 Å². The molecule has 1 aromatic rings. The molecule has 112 valence electrons. The van der Waals surface area contributed by atoms with Crippen LogP contribution in [0.5, 0.6) is 0 Å². The molecule has 0 bridgehead atoms. The van der Waals surface area contributed by atoms with Gasteiger partial charge in [0.1, 0.15) is 0 Å². The van der Waals surface area contributed by atoms with Crippen molar-refractivity contribution >= 4 is 0 Å². The molecule has 1 aliphatic heterocycles. The summed E-state index contributed by atoms with van der Waals surface area (Å²) < 4.78 is 5.93. The van der Waals surface area contributed by atoms with E-state index in [4.69, 9.17) is 10.5 Å². The molecule has 1 saturated heterocycles. The van der Waals surface area contributed by atoms with Crippen LogP contribution in [0, 0.1) is 0 Å². The van der Waals surface area contributed by atoms with Gasteiger partial charge in [-0.05, 0) is 50.4 Å². The molecule has 2 rings (SSSR count). The molecule has 3 atom stereocenters. The minimum Gasteiger partial charge on any atom is -0.377 e. The maximum absolute atomic E-state index is 6.24. The standard InChI is InChI=1S/C16H27N3O/c1-3-11-20-15-5-4-10-19(12-15)16(13(2)17)14-6-8-18-9-7-14/h6-9,13,15-16H,3-5,10-12,17H2,1-2H3. The van der Waals surface area contributed by atoms with Crippen molar-refractivity contribution in [2.45, 2.75) is 51.3 Å². The van der Waals surface area contributed by atoms with Gasteiger partial charge in [0.2, 0.25) is 0 Å². The maximum atomic E-state index is 6.24. The summed E-state index contributed by atoms with van der Waals surface area (Å²) in [5.41, 5.74) is 7.50. The highest BCUT2D eigenvalue weighted by Gasteiger charge is 2.29. The SMILES string of the molecule is CCCOC1CCCN(C(c2ccncc2)C(C)N)C1. The quantitative estimate of drug-likeness (QED) is 0.867. The largest absolute Gasteiger partial charge is 0.377 e. The van der Waals surface area contributed by atoms with E-state index >= 15 is 0 Å². The lowest BCUT2D eigenvalue weighted by molar-refractivity contribution is -0.0155. The Morgan fingerprint density at radius 3 is 2.85 bits per heavy atom. The first-order valence-corrected chi connectivity index (χ1v) is 7.73. The van der Waals surface area contributed by atoms with Crippen LogP contribution in [0.15, 0.2) is 24.5 Å². The molecular formula is C16H27N3O. The monoisotopic (exact) mass is 277 g/mol. The van der Waals surface area contributed by atoms with E-state index in [1.807, 2.05) is 12.4 Å². The zero-order valence-electron chi connectivity index (χ0n) is 12.7. The smallest absolute Gasteiger partial charge is 0.0702 e. The summed E-state index contributed by atoms with van der Waals surface area (Å²) in [6, 6.07) is 4.50. The first-order chi connectivity index (χ1) is 9.72. The number of rotatable bonds is 6. The van der Waals surface area contributed by atoms with Crippen LogP contribution in [0.1, 0.15) is 44.7 Å². The lowest BCUT2D eigenvalue weighted by Crippen LogP contribution is -2.47. The zero-order chi connectivity index (χ0) is 14.4. The topological polar surface area (TPSA) is 51.4 Å². The van der Waals surface area contributed by atoms with Gasteiger partial charge in [-0.25, -0.2) is 0 Å². The van der Waals surface area contributed by atoms with Crippen LogP contribution >= 0.6 is 0 Å². The number of ether oxygens (including phenoxy) is 1. The molecule has 2 heterocycles. The van der Waals surface area contributed by atoms with Gasteiger partial charge in [0.15, 0.2) is 0 Å². The molecule has 0 spiro atoms. The van der Waals surface area contributed by atoms with Gasteiger partial charge in [0.05, 0.1) is 6.10 Å². The summed E-state index contributed by atoms with van der Waals surface area (Å²) in [6.07, 6.45) is 7.48. The summed E-state index contributed by atoms with van der Waals surface area (Å²) >= 11 is 0. The van der Waals surface area contributed by atoms with E-state index < -0.39 is 0 Å². The Bertz CT molecular complexity index is 383. The fraction of sp³-hybridized carbons (Fsp3) is 0.688. The van der Waals surface area contributed by atoms with Crippen LogP contribution in [0.25, 0.3) is 0 Å². The molecule has 0 aliphatic carbocycles. The molecule has 0 saturated carbocycles. The van der Waals surface area contributed by atoms with E-state index in [0.29, 0.717) is 6.10 Å². The van der Waals surface area contributed by atoms with Crippen molar-refractivity contribution in [2.75, 3.05) is 19.7 Å². The molecule has 4 heteroatoms. The first kappa shape index (κ1) is 15.4.